The zero-order valence-electron chi connectivity index (χ0n) is 28.3. The summed E-state index contributed by atoms with van der Waals surface area (Å²) in [5.41, 5.74) is 3.57. The second-order valence-corrected chi connectivity index (χ2v) is 20.8. The van der Waals surface area contributed by atoms with Gasteiger partial charge in [-0.15, -0.1) is 23.1 Å². The number of benzene rings is 3. The van der Waals surface area contributed by atoms with Crippen molar-refractivity contribution >= 4 is 31.4 Å². The maximum atomic E-state index is 13.2. The Morgan fingerprint density at radius 1 is 0.848 bits per heavy atom. The lowest BCUT2D eigenvalue weighted by Gasteiger charge is -2.37. The fourth-order valence-corrected chi connectivity index (χ4v) is 8.85. The standard InChI is InChI=1S/C38H48F3NOS2Si/c1-27-26-32(24-25-33(27)43-46(6,7)37(3,4)5)44-34(19-15-10-8-9-12-16-29-17-13-11-14-18-29)35-28(2)42-36(45-35)30-20-22-31(23-21-30)38(39,40)41/h11,13-14,17-18,20-26,34H,8-10,12,15-16,19H2,1-7H3. The molecule has 1 atom stereocenters. The van der Waals surface area contributed by atoms with Gasteiger partial charge in [-0.1, -0.05) is 88.9 Å². The van der Waals surface area contributed by atoms with Crippen molar-refractivity contribution < 1.29 is 17.6 Å². The van der Waals surface area contributed by atoms with Gasteiger partial charge in [0, 0.05) is 20.6 Å². The number of thiazole rings is 1. The first kappa shape index (κ1) is 36.3. The molecule has 1 aromatic heterocycles. The zero-order chi connectivity index (χ0) is 33.5. The Balaban J connectivity index is 1.48. The van der Waals surface area contributed by atoms with Crippen LogP contribution in [0.5, 0.6) is 5.75 Å². The van der Waals surface area contributed by atoms with Crippen molar-refractivity contribution in [2.45, 2.75) is 114 Å². The number of unbranched alkanes of at least 4 members (excludes halogenated alkanes) is 4. The maximum Gasteiger partial charge on any atom is 0.416 e. The van der Waals surface area contributed by atoms with E-state index < -0.39 is 20.1 Å². The normalized spacial score (nSPS) is 13.2. The molecule has 1 unspecified atom stereocenters. The molecule has 3 aromatic carbocycles. The van der Waals surface area contributed by atoms with Gasteiger partial charge in [0.2, 0.25) is 8.32 Å². The lowest BCUT2D eigenvalue weighted by atomic mass is 10.0. The Bertz CT molecular complexity index is 1540. The van der Waals surface area contributed by atoms with Crippen LogP contribution in [0.2, 0.25) is 18.1 Å². The lowest BCUT2D eigenvalue weighted by Crippen LogP contribution is -2.44. The Morgan fingerprint density at radius 3 is 2.13 bits per heavy atom. The second-order valence-electron chi connectivity index (χ2n) is 13.7. The predicted octanol–water partition coefficient (Wildman–Crippen LogP) is 13.2. The average Bonchev–Trinajstić information content (AvgIpc) is 3.38. The third-order valence-corrected chi connectivity index (χ3v) is 16.0. The summed E-state index contributed by atoms with van der Waals surface area (Å²) in [5, 5.41) is 1.09. The summed E-state index contributed by atoms with van der Waals surface area (Å²) in [6.45, 7) is 15.5. The highest BCUT2D eigenvalue weighted by Gasteiger charge is 2.39. The molecule has 46 heavy (non-hydrogen) atoms. The molecule has 4 aromatic rings. The minimum Gasteiger partial charge on any atom is -0.543 e. The highest BCUT2D eigenvalue weighted by molar-refractivity contribution is 7.99. The summed E-state index contributed by atoms with van der Waals surface area (Å²) in [5.74, 6) is 0.960. The molecule has 8 heteroatoms. The van der Waals surface area contributed by atoms with E-state index in [-0.39, 0.29) is 10.3 Å². The average molecular weight is 684 g/mol. The summed E-state index contributed by atoms with van der Waals surface area (Å²) in [6, 6.07) is 22.6. The number of nitrogens with zero attached hydrogens (tertiary/aromatic N) is 1. The van der Waals surface area contributed by atoms with Crippen molar-refractivity contribution in [1.29, 1.82) is 0 Å². The topological polar surface area (TPSA) is 22.1 Å². The highest BCUT2D eigenvalue weighted by atomic mass is 32.2. The van der Waals surface area contributed by atoms with Crippen molar-refractivity contribution in [2.75, 3.05) is 0 Å². The van der Waals surface area contributed by atoms with Crippen LogP contribution in [-0.4, -0.2) is 13.3 Å². The lowest BCUT2D eigenvalue weighted by molar-refractivity contribution is -0.137. The van der Waals surface area contributed by atoms with E-state index in [1.807, 2.05) is 18.7 Å². The van der Waals surface area contributed by atoms with Gasteiger partial charge < -0.3 is 4.43 Å². The van der Waals surface area contributed by atoms with E-state index in [9.17, 15) is 13.2 Å². The van der Waals surface area contributed by atoms with E-state index in [0.29, 0.717) is 0 Å². The molecule has 248 valence electrons. The van der Waals surface area contributed by atoms with Crippen LogP contribution in [0.25, 0.3) is 10.6 Å². The molecule has 0 aliphatic carbocycles. The van der Waals surface area contributed by atoms with Crippen molar-refractivity contribution in [1.82, 2.24) is 4.98 Å². The predicted molar refractivity (Wildman–Crippen MR) is 193 cm³/mol. The van der Waals surface area contributed by atoms with Crippen LogP contribution in [0.4, 0.5) is 13.2 Å². The van der Waals surface area contributed by atoms with E-state index in [1.165, 1.54) is 53.2 Å². The van der Waals surface area contributed by atoms with Crippen LogP contribution in [0.15, 0.2) is 77.7 Å². The fourth-order valence-electron chi connectivity index (χ4n) is 5.11. The summed E-state index contributed by atoms with van der Waals surface area (Å²) in [6.07, 6.45) is 3.71. The molecule has 0 radical (unpaired) electrons. The van der Waals surface area contributed by atoms with Crippen molar-refractivity contribution in [3.63, 3.8) is 0 Å². The number of alkyl halides is 3. The summed E-state index contributed by atoms with van der Waals surface area (Å²) in [7, 11) is -1.96. The first-order valence-corrected chi connectivity index (χ1v) is 20.9. The number of halogens is 3. The van der Waals surface area contributed by atoms with Crippen LogP contribution in [0.3, 0.4) is 0 Å². The van der Waals surface area contributed by atoms with E-state index in [4.69, 9.17) is 9.41 Å². The maximum absolute atomic E-state index is 13.2. The summed E-state index contributed by atoms with van der Waals surface area (Å²) in [4.78, 5) is 7.23. The number of aryl methyl sites for hydroxylation is 3. The molecular weight excluding hydrogens is 636 g/mol. The van der Waals surface area contributed by atoms with E-state index in [1.54, 1.807) is 11.3 Å². The van der Waals surface area contributed by atoms with Crippen molar-refractivity contribution in [3.05, 3.63) is 100 Å². The van der Waals surface area contributed by atoms with E-state index in [2.05, 4.69) is 89.3 Å². The molecule has 2 nitrogen and oxygen atoms in total. The highest BCUT2D eigenvalue weighted by Crippen LogP contribution is 2.46. The smallest absolute Gasteiger partial charge is 0.416 e. The summed E-state index contributed by atoms with van der Waals surface area (Å²) >= 11 is 3.47. The Morgan fingerprint density at radius 2 is 1.50 bits per heavy atom. The SMILES string of the molecule is Cc1cc(SC(CCCCCCCc2ccccc2)c2sc(-c3ccc(C(F)(F)F)cc3)nc2C)ccc1O[Si](C)(C)C(C)(C)C. The molecule has 0 N–H and O–H groups in total. The number of rotatable bonds is 14. The van der Waals surface area contributed by atoms with Crippen LogP contribution in [0, 0.1) is 13.8 Å². The van der Waals surface area contributed by atoms with Crippen LogP contribution in [0.1, 0.15) is 91.8 Å². The van der Waals surface area contributed by atoms with Gasteiger partial charge in [0.1, 0.15) is 10.8 Å². The minimum atomic E-state index is -4.35. The molecule has 1 heterocycles. The molecule has 0 spiro atoms. The third-order valence-electron chi connectivity index (χ3n) is 8.95. The molecule has 0 bridgehead atoms. The van der Waals surface area contributed by atoms with Crippen LogP contribution >= 0.6 is 23.1 Å². The zero-order valence-corrected chi connectivity index (χ0v) is 30.9. The first-order valence-electron chi connectivity index (χ1n) is 16.3. The fraction of sp³-hybridized carbons (Fsp3) is 0.447. The van der Waals surface area contributed by atoms with Gasteiger partial charge in [0.05, 0.1) is 11.3 Å². The molecule has 0 amide bonds. The van der Waals surface area contributed by atoms with Gasteiger partial charge in [0.25, 0.3) is 0 Å². The molecular formula is C38H48F3NOS2Si. The third kappa shape index (κ3) is 9.98. The number of thioether (sulfide) groups is 1. The second kappa shape index (κ2) is 15.6. The molecule has 0 aliphatic rings. The number of hydrogen-bond donors (Lipinski definition) is 0. The number of aromatic nitrogens is 1. The largest absolute Gasteiger partial charge is 0.543 e. The van der Waals surface area contributed by atoms with E-state index in [0.717, 1.165) is 59.0 Å². The number of hydrogen-bond acceptors (Lipinski definition) is 4. The quantitative estimate of drug-likeness (QED) is 0.0750. The van der Waals surface area contributed by atoms with Gasteiger partial charge >= 0.3 is 6.18 Å². The monoisotopic (exact) mass is 683 g/mol. The Kier molecular flexibility index (Phi) is 12.3. The van der Waals surface area contributed by atoms with Gasteiger partial charge in [-0.3, -0.25) is 0 Å². The van der Waals surface area contributed by atoms with Crippen molar-refractivity contribution in [3.8, 4) is 16.3 Å². The molecule has 0 saturated carbocycles. The van der Waals surface area contributed by atoms with E-state index >= 15 is 0 Å². The van der Waals surface area contributed by atoms with Gasteiger partial charge in [-0.05, 0) is 92.7 Å². The molecule has 0 fully saturated rings. The Hall–Kier alpha value is -2.55. The van der Waals surface area contributed by atoms with Crippen LogP contribution < -0.4 is 4.43 Å². The summed E-state index contributed by atoms with van der Waals surface area (Å²) < 4.78 is 46.1. The van der Waals surface area contributed by atoms with Crippen LogP contribution in [-0.2, 0) is 12.6 Å². The first-order chi connectivity index (χ1) is 21.6. The molecule has 4 rings (SSSR count). The van der Waals surface area contributed by atoms with Crippen molar-refractivity contribution in [2.24, 2.45) is 0 Å². The Labute approximate surface area is 283 Å². The molecule has 0 saturated heterocycles. The van der Waals surface area contributed by atoms with Gasteiger partial charge in [0.15, 0.2) is 0 Å². The minimum absolute atomic E-state index is 0.119. The van der Waals surface area contributed by atoms with Gasteiger partial charge in [-0.25, -0.2) is 4.98 Å². The van der Waals surface area contributed by atoms with Gasteiger partial charge in [-0.2, -0.15) is 13.2 Å². The molecule has 0 aliphatic heterocycles.